The maximum absolute atomic E-state index is 13.6. The molecule has 238 valence electrons. The standard InChI is InChI=1S/C38H44N4O2.Ni/c1-37(2,3)27-19-25(35(43)29(21-27)31-13-9-11-17-39-31)23-41-33-15-7-8-16-34(33)42-24-26-20-28(38(4,5)6)22-30(36(26)44)32-14-10-12-18-40-32;/h9-14,17-24,33-34,41-42H,7-8,15-16H2,1-6H3;/b25-23-,26-24-;/t33-,34-;/m0./s1. The molecule has 45 heavy (non-hydrogen) atoms. The zero-order chi connectivity index (χ0) is 31.5. The number of carbonyl (C=O) groups excluding carboxylic acids is 2. The average Bonchev–Trinajstić information content (AvgIpc) is 3.00. The Balaban J connectivity index is 0.00000461. The molecule has 0 spiro atoms. The first-order valence-corrected chi connectivity index (χ1v) is 15.6. The minimum absolute atomic E-state index is 0. The summed E-state index contributed by atoms with van der Waals surface area (Å²) < 4.78 is 0. The van der Waals surface area contributed by atoms with Gasteiger partial charge >= 0.3 is 0 Å². The van der Waals surface area contributed by atoms with Gasteiger partial charge in [-0.15, -0.1) is 0 Å². The summed E-state index contributed by atoms with van der Waals surface area (Å²) in [6.45, 7) is 12.9. The first-order valence-electron chi connectivity index (χ1n) is 15.6. The molecule has 2 aromatic heterocycles. The van der Waals surface area contributed by atoms with Gasteiger partial charge < -0.3 is 10.6 Å². The molecule has 0 radical (unpaired) electrons. The predicted molar refractivity (Wildman–Crippen MR) is 178 cm³/mol. The Bertz CT molecular complexity index is 1480. The van der Waals surface area contributed by atoms with E-state index in [9.17, 15) is 9.59 Å². The van der Waals surface area contributed by atoms with Crippen LogP contribution >= 0.6 is 0 Å². The fraction of sp³-hybridized carbons (Fsp3) is 0.368. The summed E-state index contributed by atoms with van der Waals surface area (Å²) in [5.41, 5.74) is 5.77. The number of hydrogen-bond donors (Lipinski definition) is 2. The van der Waals surface area contributed by atoms with Gasteiger partial charge in [-0.25, -0.2) is 0 Å². The fourth-order valence-corrected chi connectivity index (χ4v) is 5.73. The van der Waals surface area contributed by atoms with Gasteiger partial charge in [0.1, 0.15) is 0 Å². The van der Waals surface area contributed by atoms with Gasteiger partial charge in [-0.1, -0.05) is 66.5 Å². The smallest absolute Gasteiger partial charge is 0.196 e. The number of hydrogen-bond acceptors (Lipinski definition) is 6. The fourth-order valence-electron chi connectivity index (χ4n) is 5.73. The second kappa shape index (κ2) is 14.1. The SMILES string of the molecule is CC(C)(C)C1=C/C(=C/N[C@H]2CCCC[C@@H]2N/C=C2/C=C(C(C)(C)C)C=C(c3ccccn3)C2=O)C(=O)C(c2ccccn2)=C1.[Ni]. The van der Waals surface area contributed by atoms with Crippen LogP contribution in [-0.2, 0) is 26.1 Å². The molecule has 0 unspecified atom stereocenters. The number of nitrogens with one attached hydrogen (secondary N) is 2. The van der Waals surface area contributed by atoms with Gasteiger partial charge in [-0.05, 0) is 83.4 Å². The zero-order valence-corrected chi connectivity index (χ0v) is 28.1. The number of rotatable bonds is 6. The van der Waals surface area contributed by atoms with Crippen molar-refractivity contribution in [3.63, 3.8) is 0 Å². The Morgan fingerprint density at radius 3 is 1.38 bits per heavy atom. The third-order valence-corrected chi connectivity index (χ3v) is 8.52. The van der Waals surface area contributed by atoms with Crippen molar-refractivity contribution in [3.05, 3.63) is 119 Å². The molecule has 2 N–H and O–H groups in total. The molecule has 2 aromatic rings. The van der Waals surface area contributed by atoms with Crippen molar-refractivity contribution in [1.82, 2.24) is 20.6 Å². The topological polar surface area (TPSA) is 84.0 Å². The number of allylic oxidation sites excluding steroid dienone is 10. The van der Waals surface area contributed by atoms with Crippen LogP contribution in [0.1, 0.15) is 78.6 Å². The Hall–Kier alpha value is -3.83. The maximum Gasteiger partial charge on any atom is 0.196 e. The summed E-state index contributed by atoms with van der Waals surface area (Å²) in [4.78, 5) is 36.2. The Morgan fingerprint density at radius 2 is 1.04 bits per heavy atom. The molecule has 0 bridgehead atoms. The third-order valence-electron chi connectivity index (χ3n) is 8.52. The molecule has 0 aliphatic heterocycles. The molecular formula is C38H44N4NiO2. The van der Waals surface area contributed by atoms with E-state index in [-0.39, 0.29) is 51.0 Å². The number of carbonyl (C=O) groups is 2. The molecule has 1 fully saturated rings. The predicted octanol–water partition coefficient (Wildman–Crippen LogP) is 7.31. The molecule has 0 saturated heterocycles. The first-order chi connectivity index (χ1) is 20.9. The van der Waals surface area contributed by atoms with Gasteiger partial charge in [0.05, 0.1) is 11.4 Å². The third kappa shape index (κ3) is 8.07. The first kappa shape index (κ1) is 34.1. The van der Waals surface area contributed by atoms with E-state index in [1.54, 1.807) is 12.4 Å². The van der Waals surface area contributed by atoms with Crippen LogP contribution < -0.4 is 10.6 Å². The van der Waals surface area contributed by atoms with Gasteiger partial charge in [0, 0.05) is 75.7 Å². The van der Waals surface area contributed by atoms with E-state index in [1.165, 1.54) is 0 Å². The van der Waals surface area contributed by atoms with Gasteiger partial charge in [0.25, 0.3) is 0 Å². The molecule has 3 aliphatic rings. The van der Waals surface area contributed by atoms with E-state index >= 15 is 0 Å². The molecule has 0 amide bonds. The Kier molecular flexibility index (Phi) is 10.7. The summed E-state index contributed by atoms with van der Waals surface area (Å²) in [5.74, 6) is -0.0683. The van der Waals surface area contributed by atoms with Crippen molar-refractivity contribution in [1.29, 1.82) is 0 Å². The van der Waals surface area contributed by atoms with Crippen LogP contribution in [0.2, 0.25) is 0 Å². The van der Waals surface area contributed by atoms with Gasteiger partial charge in [-0.2, -0.15) is 0 Å². The zero-order valence-electron chi connectivity index (χ0n) is 27.1. The second-order valence-electron chi connectivity index (χ2n) is 13.9. The quantitative estimate of drug-likeness (QED) is 0.253. The van der Waals surface area contributed by atoms with E-state index in [4.69, 9.17) is 0 Å². The maximum atomic E-state index is 13.6. The number of ketones is 2. The number of aromatic nitrogens is 2. The van der Waals surface area contributed by atoms with Gasteiger partial charge in [0.15, 0.2) is 11.6 Å². The van der Waals surface area contributed by atoms with E-state index in [0.29, 0.717) is 33.7 Å². The summed E-state index contributed by atoms with van der Waals surface area (Å²) in [6.07, 6.45) is 19.3. The summed E-state index contributed by atoms with van der Waals surface area (Å²) in [5, 5.41) is 7.19. The molecule has 7 heteroatoms. The molecule has 5 rings (SSSR count). The van der Waals surface area contributed by atoms with Crippen molar-refractivity contribution in [3.8, 4) is 0 Å². The van der Waals surface area contributed by atoms with Crippen molar-refractivity contribution in [2.24, 2.45) is 10.8 Å². The second-order valence-corrected chi connectivity index (χ2v) is 13.9. The van der Waals surface area contributed by atoms with Crippen LogP contribution in [0.3, 0.4) is 0 Å². The molecule has 3 aliphatic carbocycles. The molecule has 0 aromatic carbocycles. The molecule has 2 atom stereocenters. The normalized spacial score (nSPS) is 22.6. The Morgan fingerprint density at radius 1 is 0.644 bits per heavy atom. The van der Waals surface area contributed by atoms with Crippen LogP contribution in [0, 0.1) is 10.8 Å². The molecular weight excluding hydrogens is 603 g/mol. The minimum atomic E-state index is -0.130. The molecule has 2 heterocycles. The van der Waals surface area contributed by atoms with Crippen LogP contribution in [0.25, 0.3) is 11.1 Å². The molecule has 1 saturated carbocycles. The van der Waals surface area contributed by atoms with Gasteiger partial charge in [-0.3, -0.25) is 19.6 Å². The largest absolute Gasteiger partial charge is 0.386 e. The number of pyridine rings is 2. The summed E-state index contributed by atoms with van der Waals surface area (Å²) >= 11 is 0. The van der Waals surface area contributed by atoms with E-state index in [2.05, 4.69) is 62.1 Å². The summed E-state index contributed by atoms with van der Waals surface area (Å²) in [6, 6.07) is 11.5. The molecule has 6 nitrogen and oxygen atoms in total. The van der Waals surface area contributed by atoms with E-state index in [1.807, 2.05) is 73.1 Å². The number of nitrogens with zero attached hydrogens (tertiary/aromatic N) is 2. The van der Waals surface area contributed by atoms with Crippen LogP contribution in [0.15, 0.2) is 108 Å². The van der Waals surface area contributed by atoms with Crippen molar-refractivity contribution < 1.29 is 26.1 Å². The van der Waals surface area contributed by atoms with Crippen molar-refractivity contribution in [2.75, 3.05) is 0 Å². The van der Waals surface area contributed by atoms with Crippen LogP contribution in [-0.4, -0.2) is 33.6 Å². The Labute approximate surface area is 277 Å². The minimum Gasteiger partial charge on any atom is -0.386 e. The number of Topliss-reactive ketones (excluding diaryl/α,β-unsaturated/α-hetero) is 2. The average molecular weight is 647 g/mol. The van der Waals surface area contributed by atoms with Crippen molar-refractivity contribution >= 4 is 22.7 Å². The summed E-state index contributed by atoms with van der Waals surface area (Å²) in [7, 11) is 0. The van der Waals surface area contributed by atoms with Gasteiger partial charge in [0.2, 0.25) is 0 Å². The van der Waals surface area contributed by atoms with Crippen LogP contribution in [0.5, 0.6) is 0 Å². The van der Waals surface area contributed by atoms with E-state index in [0.717, 1.165) is 36.8 Å². The van der Waals surface area contributed by atoms with Crippen molar-refractivity contribution in [2.45, 2.75) is 79.3 Å². The monoisotopic (exact) mass is 646 g/mol. The van der Waals surface area contributed by atoms with Crippen LogP contribution in [0.4, 0.5) is 0 Å². The van der Waals surface area contributed by atoms with E-state index < -0.39 is 0 Å².